The first-order valence-corrected chi connectivity index (χ1v) is 8.24. The van der Waals surface area contributed by atoms with Crippen LogP contribution in [0.2, 0.25) is 0 Å². The molecule has 0 amide bonds. The third-order valence-electron chi connectivity index (χ3n) is 4.61. The van der Waals surface area contributed by atoms with Crippen LogP contribution in [0.1, 0.15) is 49.7 Å². The quantitative estimate of drug-likeness (QED) is 0.548. The highest BCUT2D eigenvalue weighted by atomic mass is 16.6. The summed E-state index contributed by atoms with van der Waals surface area (Å²) in [6.07, 6.45) is 1.30. The first-order chi connectivity index (χ1) is 12.3. The summed E-state index contributed by atoms with van der Waals surface area (Å²) in [5.74, 6) is -1.07. The summed E-state index contributed by atoms with van der Waals surface area (Å²) >= 11 is 0. The SMILES string of the molecule is CC[C@@H](c1ccc(O)c([N+](=O)[O-])c1)[C@@H](CC)c1ccc(O)c([N+](=O)[O-])c1. The van der Waals surface area contributed by atoms with Crippen LogP contribution in [0.3, 0.4) is 0 Å². The van der Waals surface area contributed by atoms with Gasteiger partial charge >= 0.3 is 11.4 Å². The number of nitro benzene ring substituents is 2. The first-order valence-electron chi connectivity index (χ1n) is 8.24. The van der Waals surface area contributed by atoms with Crippen LogP contribution in [-0.2, 0) is 0 Å². The van der Waals surface area contributed by atoms with E-state index in [0.29, 0.717) is 24.0 Å². The smallest absolute Gasteiger partial charge is 0.310 e. The number of hydrogen-bond donors (Lipinski definition) is 2. The number of nitrogens with zero attached hydrogens (tertiary/aromatic N) is 2. The van der Waals surface area contributed by atoms with Crippen molar-refractivity contribution in [1.29, 1.82) is 0 Å². The molecule has 2 aromatic carbocycles. The molecule has 0 bridgehead atoms. The zero-order valence-electron chi connectivity index (χ0n) is 14.5. The summed E-state index contributed by atoms with van der Waals surface area (Å²) < 4.78 is 0. The summed E-state index contributed by atoms with van der Waals surface area (Å²) in [7, 11) is 0. The summed E-state index contributed by atoms with van der Waals surface area (Å²) in [6, 6.07) is 8.55. The lowest BCUT2D eigenvalue weighted by Crippen LogP contribution is -2.11. The van der Waals surface area contributed by atoms with Gasteiger partial charge in [-0.2, -0.15) is 0 Å². The van der Waals surface area contributed by atoms with Crippen molar-refractivity contribution in [2.75, 3.05) is 0 Å². The standard InChI is InChI=1S/C18H20N2O6/c1-3-13(11-5-7-17(21)15(9-11)19(23)24)14(4-2)12-6-8-18(22)16(10-12)20(25)26/h5-10,13-14,21-22H,3-4H2,1-2H3/t13-,14-/m0/s1. The Labute approximate surface area is 150 Å². The fourth-order valence-electron chi connectivity index (χ4n) is 3.34. The molecule has 2 aromatic rings. The normalized spacial score (nSPS) is 13.2. The largest absolute Gasteiger partial charge is 0.502 e. The van der Waals surface area contributed by atoms with Crippen LogP contribution in [0.25, 0.3) is 0 Å². The first kappa shape index (κ1) is 19.2. The van der Waals surface area contributed by atoms with Crippen LogP contribution >= 0.6 is 0 Å². The monoisotopic (exact) mass is 360 g/mol. The minimum Gasteiger partial charge on any atom is -0.502 e. The molecule has 2 N–H and O–H groups in total. The van der Waals surface area contributed by atoms with Crippen molar-refractivity contribution in [3.8, 4) is 11.5 Å². The van der Waals surface area contributed by atoms with Crippen molar-refractivity contribution < 1.29 is 20.1 Å². The summed E-state index contributed by atoms with van der Waals surface area (Å²) in [5, 5.41) is 41.5. The summed E-state index contributed by atoms with van der Waals surface area (Å²) in [6.45, 7) is 3.86. The van der Waals surface area contributed by atoms with Gasteiger partial charge in [-0.25, -0.2) is 0 Å². The van der Waals surface area contributed by atoms with Crippen LogP contribution in [0.5, 0.6) is 11.5 Å². The second-order valence-corrected chi connectivity index (χ2v) is 6.04. The molecule has 138 valence electrons. The molecule has 0 heterocycles. The number of rotatable bonds is 7. The summed E-state index contributed by atoms with van der Waals surface area (Å²) in [5.41, 5.74) is 0.624. The average Bonchev–Trinajstić information content (AvgIpc) is 2.60. The zero-order valence-corrected chi connectivity index (χ0v) is 14.5. The van der Waals surface area contributed by atoms with Crippen molar-refractivity contribution in [1.82, 2.24) is 0 Å². The molecule has 0 saturated carbocycles. The average molecular weight is 360 g/mol. The number of aromatic hydroxyl groups is 2. The molecular formula is C18H20N2O6. The minimum absolute atomic E-state index is 0.136. The van der Waals surface area contributed by atoms with Crippen LogP contribution in [-0.4, -0.2) is 20.1 Å². The molecule has 0 unspecified atom stereocenters. The van der Waals surface area contributed by atoms with Gasteiger partial charge in [-0.3, -0.25) is 20.2 Å². The number of hydrogen-bond acceptors (Lipinski definition) is 6. The molecular weight excluding hydrogens is 340 g/mol. The van der Waals surface area contributed by atoms with Crippen molar-refractivity contribution in [3.05, 3.63) is 67.8 Å². The molecule has 0 radical (unpaired) electrons. The van der Waals surface area contributed by atoms with E-state index >= 15 is 0 Å². The van der Waals surface area contributed by atoms with Crippen LogP contribution in [0, 0.1) is 20.2 Å². The van der Waals surface area contributed by atoms with E-state index in [1.807, 2.05) is 13.8 Å². The predicted molar refractivity (Wildman–Crippen MR) is 95.6 cm³/mol. The molecule has 0 aliphatic heterocycles. The fraction of sp³-hybridized carbons (Fsp3) is 0.333. The van der Waals surface area contributed by atoms with E-state index in [-0.39, 0.29) is 23.2 Å². The van der Waals surface area contributed by atoms with E-state index < -0.39 is 21.3 Å². The van der Waals surface area contributed by atoms with Crippen LogP contribution in [0.4, 0.5) is 11.4 Å². The molecule has 0 saturated heterocycles. The van der Waals surface area contributed by atoms with Gasteiger partial charge in [-0.1, -0.05) is 26.0 Å². The van der Waals surface area contributed by atoms with Gasteiger partial charge in [-0.15, -0.1) is 0 Å². The number of phenols is 2. The molecule has 8 nitrogen and oxygen atoms in total. The van der Waals surface area contributed by atoms with Gasteiger partial charge in [0, 0.05) is 12.1 Å². The van der Waals surface area contributed by atoms with Crippen LogP contribution in [0.15, 0.2) is 36.4 Å². The molecule has 0 aliphatic carbocycles. The highest BCUT2D eigenvalue weighted by molar-refractivity contribution is 5.51. The fourth-order valence-corrected chi connectivity index (χ4v) is 3.34. The maximum atomic E-state index is 11.1. The Morgan fingerprint density at radius 3 is 1.42 bits per heavy atom. The van der Waals surface area contributed by atoms with Gasteiger partial charge in [-0.05, 0) is 47.9 Å². The minimum atomic E-state index is -0.641. The van der Waals surface area contributed by atoms with Gasteiger partial charge in [0.05, 0.1) is 9.85 Å². The van der Waals surface area contributed by atoms with Gasteiger partial charge < -0.3 is 10.2 Å². The van der Waals surface area contributed by atoms with Crippen LogP contribution < -0.4 is 0 Å². The second-order valence-electron chi connectivity index (χ2n) is 6.04. The highest BCUT2D eigenvalue weighted by Gasteiger charge is 2.27. The predicted octanol–water partition coefficient (Wildman–Crippen LogP) is 4.60. The van der Waals surface area contributed by atoms with Gasteiger partial charge in [0.2, 0.25) is 0 Å². The van der Waals surface area contributed by atoms with E-state index in [0.717, 1.165) is 0 Å². The highest BCUT2D eigenvalue weighted by Crippen LogP contribution is 2.42. The lowest BCUT2D eigenvalue weighted by molar-refractivity contribution is -0.386. The lowest BCUT2D eigenvalue weighted by atomic mass is 9.78. The second kappa shape index (κ2) is 7.81. The van der Waals surface area contributed by atoms with Crippen molar-refractivity contribution in [2.45, 2.75) is 38.5 Å². The molecule has 2 rings (SSSR count). The maximum Gasteiger partial charge on any atom is 0.310 e. The van der Waals surface area contributed by atoms with Gasteiger partial charge in [0.25, 0.3) is 0 Å². The number of phenolic OH excluding ortho intramolecular Hbond substituents is 2. The third-order valence-corrected chi connectivity index (χ3v) is 4.61. The molecule has 26 heavy (non-hydrogen) atoms. The zero-order chi connectivity index (χ0) is 19.4. The Balaban J connectivity index is 2.50. The van der Waals surface area contributed by atoms with E-state index in [1.54, 1.807) is 12.1 Å². The van der Waals surface area contributed by atoms with Gasteiger partial charge in [0.15, 0.2) is 11.5 Å². The molecule has 8 heteroatoms. The molecule has 2 atom stereocenters. The number of benzene rings is 2. The molecule has 0 aliphatic rings. The molecule has 0 fully saturated rings. The number of nitro groups is 2. The Hall–Kier alpha value is -3.16. The Kier molecular flexibility index (Phi) is 5.76. The van der Waals surface area contributed by atoms with E-state index in [2.05, 4.69) is 0 Å². The summed E-state index contributed by atoms with van der Waals surface area (Å²) in [4.78, 5) is 20.9. The maximum absolute atomic E-state index is 11.1. The van der Waals surface area contributed by atoms with E-state index in [9.17, 15) is 30.4 Å². The van der Waals surface area contributed by atoms with Gasteiger partial charge in [0.1, 0.15) is 0 Å². The third kappa shape index (κ3) is 3.74. The van der Waals surface area contributed by atoms with E-state index in [4.69, 9.17) is 0 Å². The van der Waals surface area contributed by atoms with Crippen molar-refractivity contribution in [3.63, 3.8) is 0 Å². The Morgan fingerprint density at radius 2 is 1.15 bits per heavy atom. The van der Waals surface area contributed by atoms with E-state index in [1.165, 1.54) is 24.3 Å². The molecule has 0 aromatic heterocycles. The topological polar surface area (TPSA) is 127 Å². The van der Waals surface area contributed by atoms with Crippen molar-refractivity contribution >= 4 is 11.4 Å². The Bertz CT molecular complexity index is 767. The Morgan fingerprint density at radius 1 is 0.808 bits per heavy atom. The molecule has 0 spiro atoms. The van der Waals surface area contributed by atoms with Crippen molar-refractivity contribution in [2.24, 2.45) is 0 Å². The lowest BCUT2D eigenvalue weighted by Gasteiger charge is -2.26.